The zero-order valence-electron chi connectivity index (χ0n) is 19.3. The number of aliphatic hydroxyl groups is 1. The third-order valence-corrected chi connectivity index (χ3v) is 8.27. The van der Waals surface area contributed by atoms with E-state index in [1.165, 1.54) is 17.2 Å². The molecular weight excluding hydrogens is 552 g/mol. The van der Waals surface area contributed by atoms with Gasteiger partial charge in [0, 0.05) is 0 Å². The van der Waals surface area contributed by atoms with Crippen LogP contribution in [0.1, 0.15) is 27.7 Å². The van der Waals surface area contributed by atoms with Crippen LogP contribution < -0.4 is 5.73 Å². The van der Waals surface area contributed by atoms with Crippen molar-refractivity contribution in [2.45, 2.75) is 38.4 Å². The van der Waals surface area contributed by atoms with E-state index in [2.05, 4.69) is 31.1 Å². The van der Waals surface area contributed by atoms with Crippen LogP contribution in [0.2, 0.25) is 0 Å². The monoisotopic (exact) mass is 575 g/mol. The minimum Gasteiger partial charge on any atom is -0.451 e. The van der Waals surface area contributed by atoms with Crippen LogP contribution in [0.25, 0.3) is 11.2 Å². The lowest BCUT2D eigenvalue weighted by atomic mass is 10.0. The standard InChI is InChI=1S/C19H23N5O10P2S/c1-9-4-3-5-10(2)12(9)19(26)33-15-14(25)11(6-31-35(27,28)34-36(29,30)37)32-18(15)24-8-23-13-16(20)21-7-22-17(13)24/h3-5,7-8,11,14-15,18,25H,6H2,1-2H3,(H,27,28)(H2,20,21,22)(H2,29,30,37)/t11-,14-,15-,18-/m1/s1. The number of aromatic nitrogens is 4. The molecule has 3 aromatic rings. The Labute approximate surface area is 214 Å². The number of rotatable bonds is 8. The zero-order valence-corrected chi connectivity index (χ0v) is 21.9. The quantitative estimate of drug-likeness (QED) is 0.186. The van der Waals surface area contributed by atoms with E-state index in [4.69, 9.17) is 29.5 Å². The number of nitrogen functional groups attached to an aromatic ring is 1. The normalized spacial score (nSPS) is 23.7. The van der Waals surface area contributed by atoms with Crippen LogP contribution >= 0.6 is 14.5 Å². The Morgan fingerprint density at radius 2 is 1.89 bits per heavy atom. The summed E-state index contributed by atoms with van der Waals surface area (Å²) < 4.78 is 33.8. The number of ether oxygens (including phenoxy) is 2. The largest absolute Gasteiger partial charge is 0.479 e. The second-order valence-corrected chi connectivity index (χ2v) is 12.4. The first-order chi connectivity index (χ1) is 17.3. The molecule has 15 nitrogen and oxygen atoms in total. The topological polar surface area (TPSA) is 222 Å². The van der Waals surface area contributed by atoms with E-state index in [9.17, 15) is 19.4 Å². The molecule has 3 heterocycles. The predicted molar refractivity (Wildman–Crippen MR) is 130 cm³/mol. The van der Waals surface area contributed by atoms with Crippen molar-refractivity contribution < 1.29 is 47.5 Å². The van der Waals surface area contributed by atoms with Gasteiger partial charge in [-0.2, -0.15) is 0 Å². The van der Waals surface area contributed by atoms with E-state index in [1.807, 2.05) is 0 Å². The molecule has 0 saturated carbocycles. The fourth-order valence-corrected chi connectivity index (χ4v) is 6.27. The van der Waals surface area contributed by atoms with Crippen LogP contribution in [0.15, 0.2) is 30.9 Å². The van der Waals surface area contributed by atoms with Gasteiger partial charge in [-0.1, -0.05) is 18.2 Å². The molecule has 1 fully saturated rings. The molecule has 0 spiro atoms. The number of esters is 1. The molecule has 37 heavy (non-hydrogen) atoms. The van der Waals surface area contributed by atoms with Crippen molar-refractivity contribution in [3.63, 3.8) is 0 Å². The molecule has 1 aromatic carbocycles. The van der Waals surface area contributed by atoms with Gasteiger partial charge in [0.05, 0.1) is 18.5 Å². The molecule has 5 atom stereocenters. The van der Waals surface area contributed by atoms with Crippen LogP contribution in [0.3, 0.4) is 0 Å². The summed E-state index contributed by atoms with van der Waals surface area (Å²) in [4.78, 5) is 53.3. The number of anilines is 1. The molecule has 0 aliphatic carbocycles. The Kier molecular flexibility index (Phi) is 7.79. The molecular formula is C19H23N5O10P2S. The molecule has 6 N–H and O–H groups in total. The molecule has 1 aliphatic rings. The van der Waals surface area contributed by atoms with Gasteiger partial charge in [0.25, 0.3) is 0 Å². The minimum absolute atomic E-state index is 0.0772. The second-order valence-electron chi connectivity index (χ2n) is 8.11. The van der Waals surface area contributed by atoms with Crippen LogP contribution in [0, 0.1) is 13.8 Å². The van der Waals surface area contributed by atoms with Gasteiger partial charge in [-0.25, -0.2) is 28.6 Å². The van der Waals surface area contributed by atoms with Crippen LogP contribution in [0.4, 0.5) is 5.82 Å². The highest BCUT2D eigenvalue weighted by Crippen LogP contribution is 2.58. The number of imidazole rings is 1. The highest BCUT2D eigenvalue weighted by Gasteiger charge is 2.49. The van der Waals surface area contributed by atoms with Gasteiger partial charge in [0.2, 0.25) is 0 Å². The highest BCUT2D eigenvalue weighted by molar-refractivity contribution is 8.08. The van der Waals surface area contributed by atoms with Gasteiger partial charge in [-0.15, -0.1) is 0 Å². The molecule has 0 amide bonds. The van der Waals surface area contributed by atoms with Crippen molar-refractivity contribution in [3.05, 3.63) is 47.5 Å². The number of phosphoric acid groups is 1. The molecule has 200 valence electrons. The fraction of sp³-hybridized carbons (Fsp3) is 0.368. The maximum atomic E-state index is 13.1. The number of nitrogens with zero attached hydrogens (tertiary/aromatic N) is 4. The number of phosphoric ester groups is 1. The SMILES string of the molecule is Cc1cccc(C)c1C(=O)O[C@@H]1[C@H](O)[C@@H](COP(=O)(O)OP(O)(O)=S)O[C@H]1n1cnc2c(N)ncnc21. The molecule has 1 aliphatic heterocycles. The number of aliphatic hydroxyl groups excluding tert-OH is 1. The van der Waals surface area contributed by atoms with Crippen LogP contribution in [0.5, 0.6) is 0 Å². The average Bonchev–Trinajstić information content (AvgIpc) is 3.33. The Balaban J connectivity index is 1.65. The summed E-state index contributed by atoms with van der Waals surface area (Å²) in [5.41, 5.74) is 7.86. The van der Waals surface area contributed by atoms with Gasteiger partial charge in [0.15, 0.2) is 23.8 Å². The van der Waals surface area contributed by atoms with E-state index < -0.39 is 51.7 Å². The van der Waals surface area contributed by atoms with Gasteiger partial charge < -0.3 is 35.0 Å². The smallest absolute Gasteiger partial charge is 0.451 e. The summed E-state index contributed by atoms with van der Waals surface area (Å²) >= 11 is 4.18. The Morgan fingerprint density at radius 3 is 2.54 bits per heavy atom. The average molecular weight is 575 g/mol. The molecule has 0 bridgehead atoms. The highest BCUT2D eigenvalue weighted by atomic mass is 32.5. The van der Waals surface area contributed by atoms with Gasteiger partial charge in [-0.05, 0) is 36.8 Å². The van der Waals surface area contributed by atoms with Crippen molar-refractivity contribution in [2.75, 3.05) is 12.3 Å². The van der Waals surface area contributed by atoms with E-state index in [1.54, 1.807) is 32.0 Å². The number of aryl methyl sites for hydroxylation is 2. The van der Waals surface area contributed by atoms with Crippen molar-refractivity contribution in [2.24, 2.45) is 0 Å². The summed E-state index contributed by atoms with van der Waals surface area (Å²) in [6.07, 6.45) is -3.04. The first-order valence-electron chi connectivity index (χ1n) is 10.6. The van der Waals surface area contributed by atoms with Gasteiger partial charge >= 0.3 is 20.5 Å². The maximum Gasteiger partial charge on any atom is 0.479 e. The molecule has 1 saturated heterocycles. The lowest BCUT2D eigenvalue weighted by Crippen LogP contribution is -2.37. The summed E-state index contributed by atoms with van der Waals surface area (Å²) in [5.74, 6) is -0.667. The number of fused-ring (bicyclic) bond motifs is 1. The lowest BCUT2D eigenvalue weighted by molar-refractivity contribution is -0.0557. The Morgan fingerprint density at radius 1 is 1.22 bits per heavy atom. The summed E-state index contributed by atoms with van der Waals surface area (Å²) in [6, 6.07) is 5.23. The lowest BCUT2D eigenvalue weighted by Gasteiger charge is -2.22. The first-order valence-corrected chi connectivity index (χ1v) is 14.7. The molecule has 18 heteroatoms. The summed E-state index contributed by atoms with van der Waals surface area (Å²) in [6.45, 7) is -1.86. The van der Waals surface area contributed by atoms with E-state index >= 15 is 0 Å². The third kappa shape index (κ3) is 6.04. The van der Waals surface area contributed by atoms with Crippen molar-refractivity contribution >= 4 is 49.3 Å². The fourth-order valence-electron chi connectivity index (χ4n) is 3.91. The number of hydrogen-bond donors (Lipinski definition) is 5. The summed E-state index contributed by atoms with van der Waals surface area (Å²) in [5, 5.41) is 11.0. The van der Waals surface area contributed by atoms with Crippen molar-refractivity contribution in [3.8, 4) is 0 Å². The number of benzene rings is 1. The predicted octanol–water partition coefficient (Wildman–Crippen LogP) is 0.852. The zero-order chi connectivity index (χ0) is 27.1. The number of hydrogen-bond acceptors (Lipinski definition) is 12. The van der Waals surface area contributed by atoms with Crippen molar-refractivity contribution in [1.82, 2.24) is 19.5 Å². The molecule has 0 radical (unpaired) electrons. The Bertz CT molecular complexity index is 1410. The van der Waals surface area contributed by atoms with E-state index in [0.29, 0.717) is 16.7 Å². The summed E-state index contributed by atoms with van der Waals surface area (Å²) in [7, 11) is -5.04. The number of nitrogens with two attached hydrogens (primary N) is 1. The van der Waals surface area contributed by atoms with Gasteiger partial charge in [0.1, 0.15) is 24.1 Å². The van der Waals surface area contributed by atoms with Crippen molar-refractivity contribution in [1.29, 1.82) is 0 Å². The second kappa shape index (κ2) is 10.4. The number of carbonyl (C=O) groups is 1. The molecule has 4 rings (SSSR count). The number of carbonyl (C=O) groups excluding carboxylic acids is 1. The van der Waals surface area contributed by atoms with Crippen LogP contribution in [-0.4, -0.2) is 70.2 Å². The molecule has 2 aromatic heterocycles. The third-order valence-electron chi connectivity index (χ3n) is 5.51. The maximum absolute atomic E-state index is 13.1. The first kappa shape index (κ1) is 27.7. The minimum atomic E-state index is -5.04. The van der Waals surface area contributed by atoms with Gasteiger partial charge in [-0.3, -0.25) is 9.09 Å². The Hall–Kier alpha value is -2.36. The van der Waals surface area contributed by atoms with Crippen LogP contribution in [-0.2, 0) is 34.7 Å². The molecule has 1 unspecified atom stereocenters. The van der Waals surface area contributed by atoms with E-state index in [0.717, 1.165) is 0 Å². The van der Waals surface area contributed by atoms with E-state index in [-0.39, 0.29) is 17.0 Å².